The smallest absolute Gasteiger partial charge is 0.142 e. The van der Waals surface area contributed by atoms with Gasteiger partial charge < -0.3 is 0 Å². The van der Waals surface area contributed by atoms with E-state index >= 15 is 0 Å². The van der Waals surface area contributed by atoms with E-state index < -0.39 is 0 Å². The van der Waals surface area contributed by atoms with Crippen LogP contribution in [0, 0.1) is 30.6 Å². The highest BCUT2D eigenvalue weighted by Crippen LogP contribution is 2.37. The SMILES string of the molecule is CCC(C)C(C)(C)c1ccncc1C(=NC)N(C=N)c1c(C)cc(CC(C)(C)C)cc1C. The molecule has 1 atom stereocenters. The van der Waals surface area contributed by atoms with Crippen LogP contribution in [0.25, 0.3) is 0 Å². The van der Waals surface area contributed by atoms with E-state index in [1.807, 2.05) is 17.3 Å². The predicted molar refractivity (Wildman–Crippen MR) is 140 cm³/mol. The number of aryl methyl sites for hydroxylation is 2. The van der Waals surface area contributed by atoms with Crippen molar-refractivity contribution in [2.75, 3.05) is 11.9 Å². The van der Waals surface area contributed by atoms with Crippen molar-refractivity contribution in [2.45, 2.75) is 80.6 Å². The van der Waals surface area contributed by atoms with E-state index in [2.05, 4.69) is 90.5 Å². The molecule has 1 unspecified atom stereocenters. The zero-order chi connectivity index (χ0) is 24.3. The number of nitrogens with zero attached hydrogens (tertiary/aromatic N) is 3. The maximum Gasteiger partial charge on any atom is 0.142 e. The first kappa shape index (κ1) is 25.8. The molecule has 1 heterocycles. The first-order valence-electron chi connectivity index (χ1n) is 11.7. The van der Waals surface area contributed by atoms with Crippen LogP contribution >= 0.6 is 0 Å². The number of rotatable bonds is 7. The van der Waals surface area contributed by atoms with E-state index in [4.69, 9.17) is 5.41 Å². The van der Waals surface area contributed by atoms with Crippen LogP contribution in [-0.4, -0.2) is 24.2 Å². The molecular weight excluding hydrogens is 392 g/mol. The summed E-state index contributed by atoms with van der Waals surface area (Å²) in [7, 11) is 1.80. The average molecular weight is 435 g/mol. The molecule has 0 aliphatic carbocycles. The van der Waals surface area contributed by atoms with Crippen LogP contribution < -0.4 is 4.90 Å². The van der Waals surface area contributed by atoms with Gasteiger partial charge in [0.05, 0.1) is 12.0 Å². The number of hydrogen-bond acceptors (Lipinski definition) is 3. The number of aliphatic imine (C=N–C) groups is 1. The van der Waals surface area contributed by atoms with Crippen molar-refractivity contribution in [3.05, 3.63) is 58.4 Å². The fourth-order valence-electron chi connectivity index (χ4n) is 4.64. The van der Waals surface area contributed by atoms with Gasteiger partial charge in [-0.1, -0.05) is 67.0 Å². The molecule has 0 fully saturated rings. The molecule has 4 heteroatoms. The Balaban J connectivity index is 2.63. The van der Waals surface area contributed by atoms with E-state index in [1.165, 1.54) is 17.5 Å². The molecule has 4 nitrogen and oxygen atoms in total. The lowest BCUT2D eigenvalue weighted by atomic mass is 9.72. The third-order valence-corrected chi connectivity index (χ3v) is 6.70. The van der Waals surface area contributed by atoms with Gasteiger partial charge in [-0.15, -0.1) is 0 Å². The molecule has 1 aromatic carbocycles. The number of anilines is 1. The summed E-state index contributed by atoms with van der Waals surface area (Å²) in [5, 5.41) is 8.32. The van der Waals surface area contributed by atoms with E-state index in [9.17, 15) is 0 Å². The Labute approximate surface area is 195 Å². The predicted octanol–water partition coefficient (Wildman–Crippen LogP) is 7.10. The Morgan fingerprint density at radius 2 is 1.75 bits per heavy atom. The number of aromatic nitrogens is 1. The van der Waals surface area contributed by atoms with Gasteiger partial charge in [-0.2, -0.15) is 0 Å². The van der Waals surface area contributed by atoms with E-state index in [0.717, 1.165) is 41.1 Å². The van der Waals surface area contributed by atoms with Crippen LogP contribution in [0.3, 0.4) is 0 Å². The molecule has 0 saturated heterocycles. The second-order valence-corrected chi connectivity index (χ2v) is 10.8. The van der Waals surface area contributed by atoms with Crippen LogP contribution in [0.1, 0.15) is 82.7 Å². The number of benzene rings is 1. The Bertz CT molecular complexity index is 956. The van der Waals surface area contributed by atoms with Crippen molar-refractivity contribution in [1.82, 2.24) is 4.98 Å². The molecule has 2 aromatic rings. The maximum absolute atomic E-state index is 8.32. The Morgan fingerprint density at radius 3 is 2.22 bits per heavy atom. The fourth-order valence-corrected chi connectivity index (χ4v) is 4.64. The van der Waals surface area contributed by atoms with Crippen molar-refractivity contribution >= 4 is 17.9 Å². The van der Waals surface area contributed by atoms with Gasteiger partial charge >= 0.3 is 0 Å². The average Bonchev–Trinajstić information content (AvgIpc) is 2.70. The highest BCUT2D eigenvalue weighted by atomic mass is 15.2. The zero-order valence-electron chi connectivity index (χ0n) is 21.8. The van der Waals surface area contributed by atoms with Gasteiger partial charge in [0.25, 0.3) is 0 Å². The molecule has 1 N–H and O–H groups in total. The molecular formula is C28H42N4. The Kier molecular flexibility index (Phi) is 8.03. The minimum Gasteiger partial charge on any atom is -0.291 e. The van der Waals surface area contributed by atoms with Crippen LogP contribution in [-0.2, 0) is 11.8 Å². The van der Waals surface area contributed by atoms with Crippen LogP contribution in [0.5, 0.6) is 0 Å². The van der Waals surface area contributed by atoms with Crippen molar-refractivity contribution in [3.8, 4) is 0 Å². The van der Waals surface area contributed by atoms with Gasteiger partial charge in [-0.05, 0) is 65.3 Å². The molecule has 0 amide bonds. The van der Waals surface area contributed by atoms with Crippen molar-refractivity contribution < 1.29 is 0 Å². The first-order valence-corrected chi connectivity index (χ1v) is 11.7. The molecule has 0 radical (unpaired) electrons. The Hall–Kier alpha value is -2.49. The minimum absolute atomic E-state index is 0.0443. The summed E-state index contributed by atoms with van der Waals surface area (Å²) in [4.78, 5) is 11.0. The molecule has 0 aliphatic heterocycles. The quantitative estimate of drug-likeness (QED) is 0.373. The number of nitrogens with one attached hydrogen (secondary N) is 1. The standard InChI is InChI=1S/C28H42N4/c1-11-21(4)28(8,9)24-12-13-31-17-23(24)26(30-10)32(18-29)25-19(2)14-22(15-20(25)3)16-27(5,6)7/h12-15,17-18,21,29H,11,16H2,1-10H3. The van der Waals surface area contributed by atoms with E-state index in [0.29, 0.717) is 5.92 Å². The van der Waals surface area contributed by atoms with E-state index in [1.54, 1.807) is 7.05 Å². The van der Waals surface area contributed by atoms with Gasteiger partial charge in [-0.3, -0.25) is 20.3 Å². The molecule has 0 aliphatic rings. The Morgan fingerprint density at radius 1 is 1.16 bits per heavy atom. The highest BCUT2D eigenvalue weighted by molar-refractivity contribution is 6.20. The summed E-state index contributed by atoms with van der Waals surface area (Å²) in [6.45, 7) is 20.2. The van der Waals surface area contributed by atoms with Crippen molar-refractivity contribution in [2.24, 2.45) is 16.3 Å². The van der Waals surface area contributed by atoms with Gasteiger partial charge in [0, 0.05) is 25.0 Å². The molecule has 0 spiro atoms. The zero-order valence-corrected chi connectivity index (χ0v) is 21.8. The molecule has 0 bridgehead atoms. The third kappa shape index (κ3) is 5.46. The molecule has 174 valence electrons. The number of pyridine rings is 1. The summed E-state index contributed by atoms with van der Waals surface area (Å²) in [6.07, 6.45) is 7.26. The summed E-state index contributed by atoms with van der Waals surface area (Å²) >= 11 is 0. The van der Waals surface area contributed by atoms with Gasteiger partial charge in [0.1, 0.15) is 5.84 Å². The summed E-state index contributed by atoms with van der Waals surface area (Å²) < 4.78 is 0. The second kappa shape index (κ2) is 9.97. The van der Waals surface area contributed by atoms with Crippen LogP contribution in [0.15, 0.2) is 35.6 Å². The van der Waals surface area contributed by atoms with Gasteiger partial charge in [-0.25, -0.2) is 0 Å². The maximum atomic E-state index is 8.32. The van der Waals surface area contributed by atoms with Gasteiger partial charge in [0.2, 0.25) is 0 Å². The van der Waals surface area contributed by atoms with Crippen LogP contribution in [0.4, 0.5) is 5.69 Å². The second-order valence-electron chi connectivity index (χ2n) is 10.8. The lowest BCUT2D eigenvalue weighted by Gasteiger charge is -2.35. The topological polar surface area (TPSA) is 52.3 Å². The lowest BCUT2D eigenvalue weighted by Crippen LogP contribution is -2.35. The summed E-state index contributed by atoms with van der Waals surface area (Å²) in [5.41, 5.74) is 7.04. The largest absolute Gasteiger partial charge is 0.291 e. The van der Waals surface area contributed by atoms with Crippen LogP contribution in [0.2, 0.25) is 0 Å². The number of amidine groups is 1. The monoisotopic (exact) mass is 434 g/mol. The lowest BCUT2D eigenvalue weighted by molar-refractivity contribution is 0.334. The molecule has 0 saturated carbocycles. The summed E-state index contributed by atoms with van der Waals surface area (Å²) in [6, 6.07) is 6.62. The third-order valence-electron chi connectivity index (χ3n) is 6.70. The number of hydrogen-bond donors (Lipinski definition) is 1. The normalized spacial score (nSPS) is 13.8. The molecule has 32 heavy (non-hydrogen) atoms. The highest BCUT2D eigenvalue weighted by Gasteiger charge is 2.32. The van der Waals surface area contributed by atoms with Crippen molar-refractivity contribution in [3.63, 3.8) is 0 Å². The van der Waals surface area contributed by atoms with Crippen molar-refractivity contribution in [1.29, 1.82) is 5.41 Å². The van der Waals surface area contributed by atoms with Gasteiger partial charge in [0.15, 0.2) is 0 Å². The minimum atomic E-state index is -0.0443. The molecule has 1 aromatic heterocycles. The first-order chi connectivity index (χ1) is 14.9. The summed E-state index contributed by atoms with van der Waals surface area (Å²) in [5.74, 6) is 1.25. The fraction of sp³-hybridized carbons (Fsp3) is 0.536. The molecule has 2 rings (SSSR count). The van der Waals surface area contributed by atoms with E-state index in [-0.39, 0.29) is 10.8 Å².